The number of hydrogen-bond donors (Lipinski definition) is 1. The molecule has 0 atom stereocenters. The van der Waals surface area contributed by atoms with Gasteiger partial charge < -0.3 is 10.3 Å². The standard InChI is InChI=1S/C12H15N3O/c1-7-4-9(3)10(5-8(7)2)12-14-11(6-13)16-15-12/h4-5H,6,13H2,1-3H3. The second-order valence-corrected chi connectivity index (χ2v) is 3.97. The van der Waals surface area contributed by atoms with Gasteiger partial charge in [-0.15, -0.1) is 0 Å². The molecule has 2 rings (SSSR count). The van der Waals surface area contributed by atoms with Crippen LogP contribution in [0.15, 0.2) is 16.7 Å². The molecule has 0 spiro atoms. The molecule has 0 unspecified atom stereocenters. The predicted molar refractivity (Wildman–Crippen MR) is 61.8 cm³/mol. The topological polar surface area (TPSA) is 64.9 Å². The van der Waals surface area contributed by atoms with Crippen LogP contribution in [-0.4, -0.2) is 10.1 Å². The van der Waals surface area contributed by atoms with Crippen LogP contribution in [-0.2, 0) is 6.54 Å². The van der Waals surface area contributed by atoms with Crippen LogP contribution in [0.3, 0.4) is 0 Å². The van der Waals surface area contributed by atoms with Crippen LogP contribution in [0.1, 0.15) is 22.6 Å². The Kier molecular flexibility index (Phi) is 2.75. The van der Waals surface area contributed by atoms with Crippen LogP contribution in [0.2, 0.25) is 0 Å². The van der Waals surface area contributed by atoms with Crippen molar-refractivity contribution in [1.29, 1.82) is 0 Å². The first-order valence-corrected chi connectivity index (χ1v) is 5.22. The Balaban J connectivity index is 2.51. The maximum absolute atomic E-state index is 5.44. The van der Waals surface area contributed by atoms with E-state index in [2.05, 4.69) is 36.1 Å². The van der Waals surface area contributed by atoms with E-state index in [9.17, 15) is 0 Å². The van der Waals surface area contributed by atoms with E-state index in [0.717, 1.165) is 11.1 Å². The van der Waals surface area contributed by atoms with E-state index in [0.29, 0.717) is 11.7 Å². The summed E-state index contributed by atoms with van der Waals surface area (Å²) in [4.78, 5) is 4.23. The number of aromatic nitrogens is 2. The van der Waals surface area contributed by atoms with Crippen molar-refractivity contribution in [2.45, 2.75) is 27.3 Å². The Hall–Kier alpha value is -1.68. The van der Waals surface area contributed by atoms with Crippen molar-refractivity contribution in [3.05, 3.63) is 34.7 Å². The van der Waals surface area contributed by atoms with Crippen molar-refractivity contribution in [3.63, 3.8) is 0 Å². The summed E-state index contributed by atoms with van der Waals surface area (Å²) in [6.45, 7) is 6.48. The van der Waals surface area contributed by atoms with E-state index in [4.69, 9.17) is 10.3 Å². The summed E-state index contributed by atoms with van der Waals surface area (Å²) < 4.78 is 5.01. The number of nitrogens with two attached hydrogens (primary N) is 1. The van der Waals surface area contributed by atoms with E-state index in [1.807, 2.05) is 6.92 Å². The monoisotopic (exact) mass is 217 g/mol. The fourth-order valence-electron chi connectivity index (χ4n) is 1.65. The van der Waals surface area contributed by atoms with Crippen LogP contribution in [0.4, 0.5) is 0 Å². The molecule has 0 aliphatic carbocycles. The van der Waals surface area contributed by atoms with Crippen LogP contribution >= 0.6 is 0 Å². The lowest BCUT2D eigenvalue weighted by atomic mass is 10.0. The van der Waals surface area contributed by atoms with Gasteiger partial charge in [0.2, 0.25) is 11.7 Å². The summed E-state index contributed by atoms with van der Waals surface area (Å²) in [7, 11) is 0. The van der Waals surface area contributed by atoms with Crippen molar-refractivity contribution >= 4 is 0 Å². The lowest BCUT2D eigenvalue weighted by Gasteiger charge is -2.05. The fourth-order valence-corrected chi connectivity index (χ4v) is 1.65. The molecule has 4 heteroatoms. The summed E-state index contributed by atoms with van der Waals surface area (Å²) >= 11 is 0. The van der Waals surface area contributed by atoms with E-state index in [1.54, 1.807) is 0 Å². The zero-order chi connectivity index (χ0) is 11.7. The van der Waals surface area contributed by atoms with Gasteiger partial charge in [0.1, 0.15) is 0 Å². The summed E-state index contributed by atoms with van der Waals surface area (Å²) in [6, 6.07) is 4.21. The SMILES string of the molecule is Cc1cc(C)c(-c2noc(CN)n2)cc1C. The first-order chi connectivity index (χ1) is 7.61. The van der Waals surface area contributed by atoms with Crippen molar-refractivity contribution in [2.75, 3.05) is 0 Å². The smallest absolute Gasteiger partial charge is 0.240 e. The Morgan fingerprint density at radius 3 is 2.44 bits per heavy atom. The normalized spacial score (nSPS) is 10.8. The molecule has 0 aliphatic heterocycles. The molecule has 0 saturated heterocycles. The average Bonchev–Trinajstić information content (AvgIpc) is 2.71. The summed E-state index contributed by atoms with van der Waals surface area (Å²) in [5, 5.41) is 3.92. The molecule has 16 heavy (non-hydrogen) atoms. The number of benzene rings is 1. The number of nitrogens with zero attached hydrogens (tertiary/aromatic N) is 2. The van der Waals surface area contributed by atoms with Crippen LogP contribution in [0, 0.1) is 20.8 Å². The minimum Gasteiger partial charge on any atom is -0.338 e. The first kappa shape index (κ1) is 10.8. The summed E-state index contributed by atoms with van der Waals surface area (Å²) in [6.07, 6.45) is 0. The van der Waals surface area contributed by atoms with Crippen molar-refractivity contribution in [2.24, 2.45) is 5.73 Å². The Bertz CT molecular complexity index is 517. The lowest BCUT2D eigenvalue weighted by molar-refractivity contribution is 0.380. The largest absolute Gasteiger partial charge is 0.338 e. The number of rotatable bonds is 2. The summed E-state index contributed by atoms with van der Waals surface area (Å²) in [5.74, 6) is 1.08. The van der Waals surface area contributed by atoms with Gasteiger partial charge in [-0.05, 0) is 43.5 Å². The highest BCUT2D eigenvalue weighted by Gasteiger charge is 2.11. The molecule has 0 amide bonds. The van der Waals surface area contributed by atoms with Gasteiger partial charge in [-0.25, -0.2) is 0 Å². The van der Waals surface area contributed by atoms with Crippen LogP contribution < -0.4 is 5.73 Å². The molecule has 0 saturated carbocycles. The predicted octanol–water partition coefficient (Wildman–Crippen LogP) is 2.12. The fraction of sp³-hybridized carbons (Fsp3) is 0.333. The maximum Gasteiger partial charge on any atom is 0.240 e. The van der Waals surface area contributed by atoms with Crippen LogP contribution in [0.5, 0.6) is 0 Å². The molecule has 1 heterocycles. The molecular weight excluding hydrogens is 202 g/mol. The average molecular weight is 217 g/mol. The molecule has 84 valence electrons. The molecule has 4 nitrogen and oxygen atoms in total. The minimum atomic E-state index is 0.275. The highest BCUT2D eigenvalue weighted by atomic mass is 16.5. The van der Waals surface area contributed by atoms with Gasteiger partial charge in [-0.2, -0.15) is 4.98 Å². The van der Waals surface area contributed by atoms with Gasteiger partial charge in [0.05, 0.1) is 6.54 Å². The second kappa shape index (κ2) is 4.06. The first-order valence-electron chi connectivity index (χ1n) is 5.22. The van der Waals surface area contributed by atoms with Gasteiger partial charge in [-0.1, -0.05) is 11.2 Å². The highest BCUT2D eigenvalue weighted by molar-refractivity contribution is 5.61. The van der Waals surface area contributed by atoms with Crippen molar-refractivity contribution in [1.82, 2.24) is 10.1 Å². The molecule has 0 aliphatic rings. The summed E-state index contributed by atoms with van der Waals surface area (Å²) in [5.41, 5.74) is 10.1. The van der Waals surface area contributed by atoms with Gasteiger partial charge in [-0.3, -0.25) is 0 Å². The quantitative estimate of drug-likeness (QED) is 0.836. The Morgan fingerprint density at radius 1 is 1.12 bits per heavy atom. The molecule has 1 aromatic heterocycles. The molecule has 2 N–H and O–H groups in total. The molecule has 2 aromatic rings. The Morgan fingerprint density at radius 2 is 1.81 bits per heavy atom. The zero-order valence-corrected chi connectivity index (χ0v) is 9.74. The highest BCUT2D eigenvalue weighted by Crippen LogP contribution is 2.23. The third-order valence-electron chi connectivity index (χ3n) is 2.72. The van der Waals surface area contributed by atoms with E-state index >= 15 is 0 Å². The third-order valence-corrected chi connectivity index (χ3v) is 2.72. The Labute approximate surface area is 94.5 Å². The molecule has 1 aromatic carbocycles. The van der Waals surface area contributed by atoms with Gasteiger partial charge in [0.15, 0.2) is 0 Å². The van der Waals surface area contributed by atoms with Gasteiger partial charge in [0, 0.05) is 5.56 Å². The van der Waals surface area contributed by atoms with Crippen molar-refractivity contribution in [3.8, 4) is 11.4 Å². The molecular formula is C12H15N3O. The van der Waals surface area contributed by atoms with Crippen molar-refractivity contribution < 1.29 is 4.52 Å². The zero-order valence-electron chi connectivity index (χ0n) is 9.74. The molecule has 0 bridgehead atoms. The van der Waals surface area contributed by atoms with E-state index in [-0.39, 0.29) is 6.54 Å². The second-order valence-electron chi connectivity index (χ2n) is 3.97. The third kappa shape index (κ3) is 1.84. The maximum atomic E-state index is 5.44. The van der Waals surface area contributed by atoms with Crippen LogP contribution in [0.25, 0.3) is 11.4 Å². The van der Waals surface area contributed by atoms with E-state index < -0.39 is 0 Å². The van der Waals surface area contributed by atoms with E-state index in [1.165, 1.54) is 11.1 Å². The number of hydrogen-bond acceptors (Lipinski definition) is 4. The molecule has 0 radical (unpaired) electrons. The minimum absolute atomic E-state index is 0.275. The van der Waals surface area contributed by atoms with Gasteiger partial charge >= 0.3 is 0 Å². The number of aryl methyl sites for hydroxylation is 3. The lowest BCUT2D eigenvalue weighted by Crippen LogP contribution is -1.96. The molecule has 0 fully saturated rings. The van der Waals surface area contributed by atoms with Gasteiger partial charge in [0.25, 0.3) is 0 Å².